The fraction of sp³-hybridized carbons (Fsp3) is 0.400. The van der Waals surface area contributed by atoms with Gasteiger partial charge < -0.3 is 20.4 Å². The summed E-state index contributed by atoms with van der Waals surface area (Å²) < 4.78 is 28.1. The van der Waals surface area contributed by atoms with Gasteiger partial charge in [0.05, 0.1) is 11.2 Å². The molecule has 8 nitrogen and oxygen atoms in total. The number of nitrogens with zero attached hydrogens (tertiary/aromatic N) is 1. The van der Waals surface area contributed by atoms with E-state index in [9.17, 15) is 13.2 Å². The Morgan fingerprint density at radius 3 is 2.28 bits per heavy atom. The second kappa shape index (κ2) is 10.7. The Balaban J connectivity index is 1.64. The van der Waals surface area contributed by atoms with Crippen LogP contribution in [0.1, 0.15) is 28.1 Å². The van der Waals surface area contributed by atoms with Crippen LogP contribution < -0.4 is 16.0 Å². The number of guanidine groups is 1. The molecule has 158 valence electrons. The van der Waals surface area contributed by atoms with E-state index in [1.165, 1.54) is 12.5 Å². The van der Waals surface area contributed by atoms with Gasteiger partial charge in [-0.25, -0.2) is 8.42 Å². The topological polar surface area (TPSA) is 113 Å². The van der Waals surface area contributed by atoms with E-state index in [4.69, 9.17) is 4.42 Å². The van der Waals surface area contributed by atoms with Crippen LogP contribution in [0.4, 0.5) is 0 Å². The molecule has 9 heteroatoms. The molecule has 3 N–H and O–H groups in total. The summed E-state index contributed by atoms with van der Waals surface area (Å²) in [7, 11) is -1.48. The molecule has 2 rings (SSSR count). The predicted octanol–water partition coefficient (Wildman–Crippen LogP) is 1.52. The molecule has 0 atom stereocenters. The van der Waals surface area contributed by atoms with Crippen molar-refractivity contribution in [3.8, 4) is 0 Å². The number of hydrogen-bond acceptors (Lipinski definition) is 5. The maximum absolute atomic E-state index is 11.9. The maximum Gasteiger partial charge on any atom is 0.287 e. The number of rotatable bonds is 9. The molecule has 2 aromatic rings. The van der Waals surface area contributed by atoms with Crippen LogP contribution in [0.3, 0.4) is 0 Å². The summed E-state index contributed by atoms with van der Waals surface area (Å²) in [5, 5.41) is 9.22. The quantitative estimate of drug-likeness (QED) is 0.322. The first kappa shape index (κ1) is 22.5. The molecule has 0 radical (unpaired) electrons. The zero-order chi connectivity index (χ0) is 21.3. The van der Waals surface area contributed by atoms with Gasteiger partial charge in [-0.3, -0.25) is 9.79 Å². The fourth-order valence-corrected chi connectivity index (χ4v) is 3.26. The highest BCUT2D eigenvalue weighted by Crippen LogP contribution is 2.10. The van der Waals surface area contributed by atoms with Crippen molar-refractivity contribution < 1.29 is 17.6 Å². The average molecular weight is 421 g/mol. The Bertz CT molecular complexity index is 934. The highest BCUT2D eigenvalue weighted by Gasteiger charge is 2.11. The minimum Gasteiger partial charge on any atom is -0.459 e. The van der Waals surface area contributed by atoms with Crippen LogP contribution in [-0.2, 0) is 16.3 Å². The maximum atomic E-state index is 11.9. The van der Waals surface area contributed by atoms with E-state index in [2.05, 4.69) is 20.9 Å². The smallest absolute Gasteiger partial charge is 0.287 e. The zero-order valence-electron chi connectivity index (χ0n) is 17.0. The Morgan fingerprint density at radius 1 is 1.03 bits per heavy atom. The van der Waals surface area contributed by atoms with Gasteiger partial charge in [0, 0.05) is 38.5 Å². The molecule has 1 aromatic heterocycles. The second-order valence-electron chi connectivity index (χ2n) is 6.63. The Kier molecular flexibility index (Phi) is 8.26. The van der Waals surface area contributed by atoms with Gasteiger partial charge in [0.15, 0.2) is 21.6 Å². The van der Waals surface area contributed by atoms with Crippen LogP contribution in [0.25, 0.3) is 0 Å². The first-order valence-corrected chi connectivity index (χ1v) is 11.3. The first-order chi connectivity index (χ1) is 13.8. The number of carbonyl (C=O) groups is 1. The largest absolute Gasteiger partial charge is 0.459 e. The molecule has 1 heterocycles. The molecule has 0 saturated carbocycles. The van der Waals surface area contributed by atoms with E-state index in [1.807, 2.05) is 19.1 Å². The lowest BCUT2D eigenvalue weighted by molar-refractivity contribution is 0.0925. The number of furan rings is 1. The van der Waals surface area contributed by atoms with Crippen molar-refractivity contribution >= 4 is 21.7 Å². The van der Waals surface area contributed by atoms with Crippen molar-refractivity contribution in [1.82, 2.24) is 16.0 Å². The fourth-order valence-electron chi connectivity index (χ4n) is 2.63. The number of aryl methyl sites for hydroxylation is 1. The summed E-state index contributed by atoms with van der Waals surface area (Å²) in [6, 6.07) is 8.63. The zero-order valence-corrected chi connectivity index (χ0v) is 17.8. The molecule has 0 fully saturated rings. The SMILES string of the molecule is CN=C(NCCCNC(=O)c1occc1C)NCCc1ccc(S(C)(=O)=O)cc1. The standard InChI is InChI=1S/C20H28N4O4S/c1-15-10-14-28-18(15)19(25)22-11-4-12-23-20(21-2)24-13-9-16-5-7-17(8-6-16)29(3,26)27/h5-8,10,14H,4,9,11-13H2,1-3H3,(H,22,25)(H2,21,23,24). The highest BCUT2D eigenvalue weighted by atomic mass is 32.2. The van der Waals surface area contributed by atoms with Crippen LogP contribution in [0.5, 0.6) is 0 Å². The Labute approximate surface area is 171 Å². The Hall–Kier alpha value is -2.81. The number of carbonyl (C=O) groups excluding carboxylic acids is 1. The summed E-state index contributed by atoms with van der Waals surface area (Å²) in [5.41, 5.74) is 1.85. The van der Waals surface area contributed by atoms with Gasteiger partial charge in [0.1, 0.15) is 0 Å². The van der Waals surface area contributed by atoms with Gasteiger partial charge in [-0.1, -0.05) is 12.1 Å². The summed E-state index contributed by atoms with van der Waals surface area (Å²) in [4.78, 5) is 16.4. The molecule has 29 heavy (non-hydrogen) atoms. The number of amides is 1. The average Bonchev–Trinajstić information content (AvgIpc) is 3.12. The molecule has 0 aliphatic heterocycles. The second-order valence-corrected chi connectivity index (χ2v) is 8.65. The van der Waals surface area contributed by atoms with Crippen molar-refractivity contribution in [3.63, 3.8) is 0 Å². The lowest BCUT2D eigenvalue weighted by Crippen LogP contribution is -2.39. The molecular formula is C20H28N4O4S. The molecule has 0 bridgehead atoms. The van der Waals surface area contributed by atoms with Gasteiger partial charge in [0.25, 0.3) is 5.91 Å². The van der Waals surface area contributed by atoms with Crippen molar-refractivity contribution in [2.45, 2.75) is 24.7 Å². The number of nitrogens with one attached hydrogen (secondary N) is 3. The minimum absolute atomic E-state index is 0.211. The Morgan fingerprint density at radius 2 is 1.69 bits per heavy atom. The van der Waals surface area contributed by atoms with E-state index < -0.39 is 9.84 Å². The van der Waals surface area contributed by atoms with Gasteiger partial charge in [-0.05, 0) is 43.5 Å². The van der Waals surface area contributed by atoms with Crippen molar-refractivity contribution in [2.24, 2.45) is 4.99 Å². The van der Waals surface area contributed by atoms with Crippen molar-refractivity contribution in [3.05, 3.63) is 53.5 Å². The van der Waals surface area contributed by atoms with Gasteiger partial charge in [-0.2, -0.15) is 0 Å². The minimum atomic E-state index is -3.17. The number of aliphatic imine (C=N–C) groups is 1. The molecular weight excluding hydrogens is 392 g/mol. The van der Waals surface area contributed by atoms with Crippen molar-refractivity contribution in [1.29, 1.82) is 0 Å². The summed E-state index contributed by atoms with van der Waals surface area (Å²) >= 11 is 0. The van der Waals surface area contributed by atoms with Gasteiger partial charge >= 0.3 is 0 Å². The number of sulfone groups is 1. The van der Waals surface area contributed by atoms with Crippen LogP contribution in [0, 0.1) is 6.92 Å². The van der Waals surface area contributed by atoms with E-state index in [1.54, 1.807) is 25.2 Å². The van der Waals surface area contributed by atoms with Crippen LogP contribution in [0.2, 0.25) is 0 Å². The lowest BCUT2D eigenvalue weighted by Gasteiger charge is -2.12. The number of hydrogen-bond donors (Lipinski definition) is 3. The van der Waals surface area contributed by atoms with Crippen LogP contribution in [-0.4, -0.2) is 53.2 Å². The third-order valence-corrected chi connectivity index (χ3v) is 5.41. The van der Waals surface area contributed by atoms with E-state index in [0.717, 1.165) is 24.0 Å². The monoisotopic (exact) mass is 420 g/mol. The van der Waals surface area contributed by atoms with E-state index in [0.29, 0.717) is 36.2 Å². The molecule has 0 aliphatic rings. The van der Waals surface area contributed by atoms with Gasteiger partial charge in [-0.15, -0.1) is 0 Å². The molecule has 1 amide bonds. The van der Waals surface area contributed by atoms with Gasteiger partial charge in [0.2, 0.25) is 0 Å². The molecule has 0 spiro atoms. The van der Waals surface area contributed by atoms with Crippen LogP contribution >= 0.6 is 0 Å². The normalized spacial score (nSPS) is 11.9. The lowest BCUT2D eigenvalue weighted by atomic mass is 10.1. The summed E-state index contributed by atoms with van der Waals surface area (Å²) in [6.45, 7) is 3.66. The van der Waals surface area contributed by atoms with Crippen molar-refractivity contribution in [2.75, 3.05) is 32.9 Å². The molecule has 1 aromatic carbocycles. The highest BCUT2D eigenvalue weighted by molar-refractivity contribution is 7.90. The molecule has 0 saturated heterocycles. The molecule has 0 unspecified atom stereocenters. The van der Waals surface area contributed by atoms with E-state index in [-0.39, 0.29) is 5.91 Å². The third-order valence-electron chi connectivity index (χ3n) is 4.28. The van der Waals surface area contributed by atoms with Crippen LogP contribution in [0.15, 0.2) is 50.9 Å². The number of benzene rings is 1. The first-order valence-electron chi connectivity index (χ1n) is 9.37. The molecule has 0 aliphatic carbocycles. The summed E-state index contributed by atoms with van der Waals surface area (Å²) in [6.07, 6.45) is 4.17. The predicted molar refractivity (Wildman–Crippen MR) is 113 cm³/mol. The summed E-state index contributed by atoms with van der Waals surface area (Å²) in [5.74, 6) is 0.808. The third kappa shape index (κ3) is 7.26. The van der Waals surface area contributed by atoms with E-state index >= 15 is 0 Å².